The van der Waals surface area contributed by atoms with Gasteiger partial charge in [-0.05, 0) is 157 Å². The number of carboxylic acid groups (broad SMARTS) is 2. The third kappa shape index (κ3) is 5.56. The van der Waals surface area contributed by atoms with Crippen LogP contribution in [0.3, 0.4) is 0 Å². The summed E-state index contributed by atoms with van der Waals surface area (Å²) in [6, 6.07) is 6.88. The lowest BCUT2D eigenvalue weighted by Crippen LogP contribution is -2.65. The quantitative estimate of drug-likeness (QED) is 0.174. The normalized spacial score (nSPS) is 40.5. The van der Waals surface area contributed by atoms with Gasteiger partial charge in [0.2, 0.25) is 5.91 Å². The molecular weight excluding hydrogens is 649 g/mol. The van der Waals surface area contributed by atoms with E-state index in [1.54, 1.807) is 17.0 Å². The van der Waals surface area contributed by atoms with E-state index < -0.39 is 18.0 Å². The summed E-state index contributed by atoms with van der Waals surface area (Å²) in [4.78, 5) is 37.9. The predicted molar refractivity (Wildman–Crippen MR) is 206 cm³/mol. The fourth-order valence-corrected chi connectivity index (χ4v) is 14.5. The first kappa shape index (κ1) is 37.4. The largest absolute Gasteiger partial charge is 0.480 e. The monoisotopic (exact) mass is 712 g/mol. The van der Waals surface area contributed by atoms with Gasteiger partial charge >= 0.3 is 11.9 Å². The molecule has 0 bridgehead atoms. The molecular formula is C45H64N2O5. The molecule has 52 heavy (non-hydrogen) atoms. The van der Waals surface area contributed by atoms with Crippen molar-refractivity contribution < 1.29 is 24.6 Å². The number of fused-ring (bicyclic) bond motifs is 7. The molecule has 1 amide bonds. The Bertz CT molecular complexity index is 1650. The highest BCUT2D eigenvalue weighted by Crippen LogP contribution is 2.77. The van der Waals surface area contributed by atoms with E-state index in [1.165, 1.54) is 62.5 Å². The number of aromatic carboxylic acids is 1. The van der Waals surface area contributed by atoms with Crippen molar-refractivity contribution in [3.63, 3.8) is 0 Å². The summed E-state index contributed by atoms with van der Waals surface area (Å²) in [5.74, 6) is 1.19. The van der Waals surface area contributed by atoms with E-state index in [-0.39, 0.29) is 33.0 Å². The average Bonchev–Trinajstić information content (AvgIpc) is 3.73. The van der Waals surface area contributed by atoms with E-state index >= 15 is 0 Å². The minimum absolute atomic E-state index is 0.00852. The van der Waals surface area contributed by atoms with Gasteiger partial charge in [-0.1, -0.05) is 65.0 Å². The molecule has 1 saturated heterocycles. The minimum atomic E-state index is -0.883. The SMILES string of the molecule is C=C(C)C1CCC2(CNCCC(=O)N3CCCC3C(=O)O)CCC3(C)C(CCC4C5(C)CC=C(c6ccc(C(=O)O)cc6)C(C)(C)C5CCC43C)C12. The van der Waals surface area contributed by atoms with E-state index in [1.807, 2.05) is 12.1 Å². The highest BCUT2D eigenvalue weighted by Gasteiger charge is 2.70. The Hall–Kier alpha value is -2.93. The molecule has 3 N–H and O–H groups in total. The van der Waals surface area contributed by atoms with Gasteiger partial charge in [-0.25, -0.2) is 9.59 Å². The topological polar surface area (TPSA) is 107 Å². The molecule has 1 heterocycles. The zero-order chi connectivity index (χ0) is 37.4. The Kier molecular flexibility index (Phi) is 9.44. The molecule has 6 aliphatic rings. The number of allylic oxidation sites excluding steroid dienone is 3. The van der Waals surface area contributed by atoms with Crippen molar-refractivity contribution in [1.29, 1.82) is 0 Å². The van der Waals surface area contributed by atoms with Crippen LogP contribution in [0.1, 0.15) is 135 Å². The number of likely N-dealkylation sites (tertiary alicyclic amines) is 1. The predicted octanol–water partition coefficient (Wildman–Crippen LogP) is 9.09. The Morgan fingerprint density at radius 3 is 2.29 bits per heavy atom. The lowest BCUT2D eigenvalue weighted by Gasteiger charge is -2.72. The Balaban J connectivity index is 1.11. The van der Waals surface area contributed by atoms with Gasteiger partial charge in [0.15, 0.2) is 0 Å². The molecule has 1 aliphatic heterocycles. The number of benzene rings is 1. The van der Waals surface area contributed by atoms with Crippen molar-refractivity contribution in [2.45, 2.75) is 125 Å². The Morgan fingerprint density at radius 2 is 1.62 bits per heavy atom. The molecule has 0 radical (unpaired) electrons. The van der Waals surface area contributed by atoms with E-state index in [0.717, 1.165) is 24.9 Å². The van der Waals surface area contributed by atoms with Crippen LogP contribution >= 0.6 is 0 Å². The standard InChI is InChI=1S/C45H64N2O5/c1-28(2)31-16-22-45(27-46-25-19-37(48)47-26-8-9-34(47)40(51)52)24-23-43(6)33(38(31)45)14-15-36-42(5)20-17-32(29-10-12-30(13-11-29)39(49)50)41(3,4)35(42)18-21-44(36,43)7/h10-13,17,31,33-36,38,46H,1,8-9,14-16,18-27H2,2-7H3,(H,49,50)(H,51,52). The van der Waals surface area contributed by atoms with Crippen LogP contribution in [0.5, 0.6) is 0 Å². The number of carboxylic acids is 2. The summed E-state index contributed by atoms with van der Waals surface area (Å²) in [6.45, 7) is 21.8. The first-order chi connectivity index (χ1) is 24.5. The number of carbonyl (C=O) groups is 3. The molecule has 10 unspecified atom stereocenters. The molecule has 4 saturated carbocycles. The van der Waals surface area contributed by atoms with Crippen molar-refractivity contribution in [2.75, 3.05) is 19.6 Å². The maximum Gasteiger partial charge on any atom is 0.335 e. The summed E-state index contributed by atoms with van der Waals surface area (Å²) in [5, 5.41) is 22.8. The summed E-state index contributed by atoms with van der Waals surface area (Å²) in [7, 11) is 0. The van der Waals surface area contributed by atoms with Gasteiger partial charge in [0.25, 0.3) is 0 Å². The highest BCUT2D eigenvalue weighted by atomic mass is 16.4. The van der Waals surface area contributed by atoms with E-state index in [4.69, 9.17) is 0 Å². The van der Waals surface area contributed by atoms with E-state index in [0.29, 0.717) is 61.1 Å². The summed E-state index contributed by atoms with van der Waals surface area (Å²) < 4.78 is 0. The number of nitrogens with zero attached hydrogens (tertiary/aromatic N) is 1. The van der Waals surface area contributed by atoms with Crippen LogP contribution in [0, 0.1) is 56.7 Å². The lowest BCUT2D eigenvalue weighted by atomic mass is 9.32. The fourth-order valence-electron chi connectivity index (χ4n) is 14.5. The molecule has 0 spiro atoms. The van der Waals surface area contributed by atoms with Gasteiger partial charge < -0.3 is 20.4 Å². The van der Waals surface area contributed by atoms with Gasteiger partial charge in [-0.15, -0.1) is 0 Å². The number of amides is 1. The third-order valence-electron chi connectivity index (χ3n) is 17.1. The second-order valence-electron chi connectivity index (χ2n) is 19.5. The highest BCUT2D eigenvalue weighted by molar-refractivity contribution is 5.88. The molecule has 0 aromatic heterocycles. The van der Waals surface area contributed by atoms with Crippen LogP contribution in [-0.4, -0.2) is 58.6 Å². The van der Waals surface area contributed by atoms with Crippen LogP contribution in [0.15, 0.2) is 42.5 Å². The van der Waals surface area contributed by atoms with Gasteiger partial charge in [-0.2, -0.15) is 0 Å². The number of aliphatic carboxylic acids is 1. The van der Waals surface area contributed by atoms with Crippen LogP contribution < -0.4 is 5.32 Å². The number of carbonyl (C=O) groups excluding carboxylic acids is 1. The second kappa shape index (κ2) is 13.1. The molecule has 5 fully saturated rings. The van der Waals surface area contributed by atoms with Gasteiger partial charge in [0, 0.05) is 26.1 Å². The Morgan fingerprint density at radius 1 is 0.885 bits per heavy atom. The van der Waals surface area contributed by atoms with Crippen molar-refractivity contribution in [3.8, 4) is 0 Å². The number of hydrogen-bond donors (Lipinski definition) is 3. The smallest absolute Gasteiger partial charge is 0.335 e. The van der Waals surface area contributed by atoms with Crippen LogP contribution in [0.4, 0.5) is 0 Å². The minimum Gasteiger partial charge on any atom is -0.480 e. The zero-order valence-corrected chi connectivity index (χ0v) is 32.7. The van der Waals surface area contributed by atoms with Gasteiger partial charge in [0.05, 0.1) is 5.56 Å². The maximum absolute atomic E-state index is 13.1. The number of rotatable bonds is 9. The van der Waals surface area contributed by atoms with E-state index in [9.17, 15) is 24.6 Å². The van der Waals surface area contributed by atoms with E-state index in [2.05, 4.69) is 59.5 Å². The molecule has 284 valence electrons. The second-order valence-corrected chi connectivity index (χ2v) is 19.5. The van der Waals surface area contributed by atoms with Crippen LogP contribution in [0.2, 0.25) is 0 Å². The van der Waals surface area contributed by atoms with Crippen LogP contribution in [0.25, 0.3) is 5.57 Å². The summed E-state index contributed by atoms with van der Waals surface area (Å²) in [6.07, 6.45) is 15.2. The maximum atomic E-state index is 13.1. The van der Waals surface area contributed by atoms with Gasteiger partial charge in [0.1, 0.15) is 6.04 Å². The molecule has 7 nitrogen and oxygen atoms in total. The number of hydrogen-bond acceptors (Lipinski definition) is 4. The number of nitrogens with one attached hydrogen (secondary N) is 1. The first-order valence-corrected chi connectivity index (χ1v) is 20.4. The van der Waals surface area contributed by atoms with Crippen molar-refractivity contribution in [2.24, 2.45) is 56.7 Å². The summed E-state index contributed by atoms with van der Waals surface area (Å²) >= 11 is 0. The molecule has 5 aliphatic carbocycles. The van der Waals surface area contributed by atoms with Crippen LogP contribution in [-0.2, 0) is 9.59 Å². The average molecular weight is 713 g/mol. The van der Waals surface area contributed by atoms with Crippen molar-refractivity contribution in [1.82, 2.24) is 10.2 Å². The summed E-state index contributed by atoms with van der Waals surface area (Å²) in [5.41, 5.74) is 5.12. The fraction of sp³-hybridized carbons (Fsp3) is 0.711. The lowest BCUT2D eigenvalue weighted by molar-refractivity contribution is -0.225. The molecule has 1 aromatic carbocycles. The molecule has 1 aromatic rings. The third-order valence-corrected chi connectivity index (χ3v) is 17.1. The van der Waals surface area contributed by atoms with Crippen molar-refractivity contribution >= 4 is 23.4 Å². The zero-order valence-electron chi connectivity index (χ0n) is 32.7. The molecule has 7 rings (SSSR count). The first-order valence-electron chi connectivity index (χ1n) is 20.4. The molecule has 7 heteroatoms. The Labute approximate surface area is 312 Å². The molecule has 10 atom stereocenters. The van der Waals surface area contributed by atoms with Gasteiger partial charge in [-0.3, -0.25) is 4.79 Å². The van der Waals surface area contributed by atoms with Crippen molar-refractivity contribution in [3.05, 3.63) is 53.6 Å².